The van der Waals surface area contributed by atoms with Gasteiger partial charge in [-0.1, -0.05) is 19.1 Å². The molecule has 0 heterocycles. The first kappa shape index (κ1) is 12.3. The van der Waals surface area contributed by atoms with Gasteiger partial charge in [-0.05, 0) is 30.5 Å². The fraction of sp³-hybridized carbons (Fsp3) is 0.500. The van der Waals surface area contributed by atoms with E-state index in [1.807, 2.05) is 12.1 Å². The molecule has 1 aliphatic rings. The topological polar surface area (TPSA) is 35.2 Å². The summed E-state index contributed by atoms with van der Waals surface area (Å²) in [4.78, 5) is 0. The predicted molar refractivity (Wildman–Crippen MR) is 64.8 cm³/mol. The number of hydrogen-bond acceptors (Lipinski definition) is 2. The molecule has 0 amide bonds. The van der Waals surface area contributed by atoms with Crippen molar-refractivity contribution in [3.05, 3.63) is 29.8 Å². The molecule has 1 aliphatic carbocycles. The first-order valence-electron chi connectivity index (χ1n) is 5.12. The van der Waals surface area contributed by atoms with Crippen LogP contribution in [0.1, 0.15) is 31.2 Å². The maximum Gasteiger partial charge on any atom is 0.119 e. The summed E-state index contributed by atoms with van der Waals surface area (Å²) in [5.74, 6) is 1.45. The van der Waals surface area contributed by atoms with Crippen molar-refractivity contribution >= 4 is 12.4 Å². The second kappa shape index (κ2) is 4.42. The highest BCUT2D eigenvalue weighted by molar-refractivity contribution is 5.85. The molecule has 1 aromatic rings. The molecule has 0 saturated heterocycles. The van der Waals surface area contributed by atoms with Crippen LogP contribution in [0, 0.1) is 0 Å². The smallest absolute Gasteiger partial charge is 0.119 e. The number of methoxy groups -OCH3 is 1. The first-order chi connectivity index (χ1) is 6.69. The molecule has 0 radical (unpaired) electrons. The lowest BCUT2D eigenvalue weighted by atomic mass is 10.0. The number of benzene rings is 1. The quantitative estimate of drug-likeness (QED) is 0.862. The maximum atomic E-state index is 6.17. The Balaban J connectivity index is 0.00000112. The third kappa shape index (κ3) is 2.27. The molecule has 1 aromatic carbocycles. The third-order valence-electron chi connectivity index (χ3n) is 3.27. The van der Waals surface area contributed by atoms with E-state index in [0.29, 0.717) is 5.92 Å². The van der Waals surface area contributed by atoms with E-state index in [0.717, 1.165) is 18.6 Å². The number of halogens is 1. The van der Waals surface area contributed by atoms with Gasteiger partial charge in [0.15, 0.2) is 0 Å². The summed E-state index contributed by atoms with van der Waals surface area (Å²) < 4.78 is 5.19. The molecule has 15 heavy (non-hydrogen) atoms. The molecule has 1 fully saturated rings. The summed E-state index contributed by atoms with van der Waals surface area (Å²) in [7, 11) is 1.70. The van der Waals surface area contributed by atoms with Crippen molar-refractivity contribution < 1.29 is 4.74 Å². The summed E-state index contributed by atoms with van der Waals surface area (Å²) in [5.41, 5.74) is 7.53. The number of rotatable bonds is 3. The van der Waals surface area contributed by atoms with Crippen LogP contribution in [0.25, 0.3) is 0 Å². The third-order valence-corrected chi connectivity index (χ3v) is 3.27. The molecule has 2 nitrogen and oxygen atoms in total. The molecule has 2 atom stereocenters. The molecular formula is C12H18ClNO. The van der Waals surface area contributed by atoms with E-state index in [4.69, 9.17) is 10.5 Å². The summed E-state index contributed by atoms with van der Waals surface area (Å²) in [5, 5.41) is 0. The SMILES string of the molecule is CC[C@@]1(N)C[C@@H]1c1cccc(OC)c1.Cl. The molecule has 2 N–H and O–H groups in total. The highest BCUT2D eigenvalue weighted by atomic mass is 35.5. The van der Waals surface area contributed by atoms with Gasteiger partial charge in [0.2, 0.25) is 0 Å². The summed E-state index contributed by atoms with van der Waals surface area (Å²) in [6.45, 7) is 2.15. The highest BCUT2D eigenvalue weighted by Gasteiger charge is 2.49. The molecular weight excluding hydrogens is 210 g/mol. The van der Waals surface area contributed by atoms with Crippen LogP contribution >= 0.6 is 12.4 Å². The van der Waals surface area contributed by atoms with Crippen molar-refractivity contribution in [2.75, 3.05) is 7.11 Å². The zero-order valence-corrected chi connectivity index (χ0v) is 10.0. The van der Waals surface area contributed by atoms with Gasteiger partial charge in [0, 0.05) is 11.5 Å². The fourth-order valence-corrected chi connectivity index (χ4v) is 2.02. The number of hydrogen-bond donors (Lipinski definition) is 1. The molecule has 0 unspecified atom stereocenters. The minimum absolute atomic E-state index is 0. The van der Waals surface area contributed by atoms with Gasteiger partial charge in [-0.25, -0.2) is 0 Å². The molecule has 1 saturated carbocycles. The number of nitrogens with two attached hydrogens (primary N) is 1. The van der Waals surface area contributed by atoms with Crippen LogP contribution in [0.3, 0.4) is 0 Å². The van der Waals surface area contributed by atoms with E-state index >= 15 is 0 Å². The highest BCUT2D eigenvalue weighted by Crippen LogP contribution is 2.51. The monoisotopic (exact) mass is 227 g/mol. The van der Waals surface area contributed by atoms with Gasteiger partial charge in [-0.2, -0.15) is 0 Å². The zero-order valence-electron chi connectivity index (χ0n) is 9.19. The molecule has 3 heteroatoms. The van der Waals surface area contributed by atoms with E-state index in [9.17, 15) is 0 Å². The van der Waals surface area contributed by atoms with E-state index in [-0.39, 0.29) is 17.9 Å². The van der Waals surface area contributed by atoms with Gasteiger partial charge in [0.1, 0.15) is 5.75 Å². The summed E-state index contributed by atoms with van der Waals surface area (Å²) in [6, 6.07) is 8.23. The standard InChI is InChI=1S/C12H17NO.ClH/c1-3-12(13)8-11(12)9-5-4-6-10(7-9)14-2;/h4-7,11H,3,8,13H2,1-2H3;1H/t11-,12-;/m1./s1. The largest absolute Gasteiger partial charge is 0.497 e. The van der Waals surface area contributed by atoms with Crippen LogP contribution in [0.5, 0.6) is 5.75 Å². The Bertz CT molecular complexity index is 342. The Morgan fingerprint density at radius 1 is 1.53 bits per heavy atom. The maximum absolute atomic E-state index is 6.17. The van der Waals surface area contributed by atoms with Crippen molar-refractivity contribution in [1.82, 2.24) is 0 Å². The molecule has 0 spiro atoms. The van der Waals surface area contributed by atoms with Crippen molar-refractivity contribution in [3.63, 3.8) is 0 Å². The molecule has 0 aliphatic heterocycles. The lowest BCUT2D eigenvalue weighted by molar-refractivity contribution is 0.414. The van der Waals surface area contributed by atoms with Crippen molar-refractivity contribution in [1.29, 1.82) is 0 Å². The van der Waals surface area contributed by atoms with E-state index in [2.05, 4.69) is 19.1 Å². The van der Waals surface area contributed by atoms with Gasteiger partial charge in [-0.3, -0.25) is 0 Å². The lowest BCUT2D eigenvalue weighted by Gasteiger charge is -2.08. The molecule has 84 valence electrons. The Hall–Kier alpha value is -0.730. The van der Waals surface area contributed by atoms with Crippen LogP contribution in [-0.2, 0) is 0 Å². The Kier molecular flexibility index (Phi) is 3.63. The van der Waals surface area contributed by atoms with E-state index in [1.165, 1.54) is 5.56 Å². The van der Waals surface area contributed by atoms with Crippen molar-refractivity contribution in [3.8, 4) is 5.75 Å². The van der Waals surface area contributed by atoms with Crippen LogP contribution in [-0.4, -0.2) is 12.6 Å². The van der Waals surface area contributed by atoms with Gasteiger partial charge < -0.3 is 10.5 Å². The lowest BCUT2D eigenvalue weighted by Crippen LogP contribution is -2.22. The van der Waals surface area contributed by atoms with Crippen LogP contribution in [0.4, 0.5) is 0 Å². The molecule has 0 bridgehead atoms. The minimum Gasteiger partial charge on any atom is -0.497 e. The molecule has 0 aromatic heterocycles. The van der Waals surface area contributed by atoms with E-state index < -0.39 is 0 Å². The van der Waals surface area contributed by atoms with Gasteiger partial charge in [-0.15, -0.1) is 12.4 Å². The zero-order chi connectivity index (χ0) is 10.2. The fourth-order valence-electron chi connectivity index (χ4n) is 2.02. The van der Waals surface area contributed by atoms with Crippen molar-refractivity contribution in [2.24, 2.45) is 5.73 Å². The van der Waals surface area contributed by atoms with Gasteiger partial charge >= 0.3 is 0 Å². The van der Waals surface area contributed by atoms with Crippen molar-refractivity contribution in [2.45, 2.75) is 31.2 Å². The normalized spacial score (nSPS) is 28.1. The summed E-state index contributed by atoms with van der Waals surface area (Å²) in [6.07, 6.45) is 2.16. The second-order valence-corrected chi connectivity index (χ2v) is 4.12. The summed E-state index contributed by atoms with van der Waals surface area (Å²) >= 11 is 0. The Labute approximate surface area is 97.2 Å². The van der Waals surface area contributed by atoms with Crippen LogP contribution in [0.15, 0.2) is 24.3 Å². The predicted octanol–water partition coefficient (Wildman–Crippen LogP) is 2.71. The van der Waals surface area contributed by atoms with Crippen LogP contribution < -0.4 is 10.5 Å². The van der Waals surface area contributed by atoms with Gasteiger partial charge in [0.05, 0.1) is 7.11 Å². The molecule has 2 rings (SSSR count). The second-order valence-electron chi connectivity index (χ2n) is 4.12. The average Bonchev–Trinajstić information content (AvgIpc) is 2.92. The average molecular weight is 228 g/mol. The Morgan fingerprint density at radius 2 is 2.27 bits per heavy atom. The Morgan fingerprint density at radius 3 is 2.80 bits per heavy atom. The van der Waals surface area contributed by atoms with E-state index in [1.54, 1.807) is 7.11 Å². The number of ether oxygens (including phenoxy) is 1. The van der Waals surface area contributed by atoms with Crippen LogP contribution in [0.2, 0.25) is 0 Å². The minimum atomic E-state index is 0. The first-order valence-corrected chi connectivity index (χ1v) is 5.12. The van der Waals surface area contributed by atoms with Gasteiger partial charge in [0.25, 0.3) is 0 Å².